The van der Waals surface area contributed by atoms with Gasteiger partial charge in [-0.2, -0.15) is 5.26 Å². The summed E-state index contributed by atoms with van der Waals surface area (Å²) in [6.07, 6.45) is 0. The molecule has 1 heteroatoms. The van der Waals surface area contributed by atoms with Crippen molar-refractivity contribution >= 4 is 0 Å². The Bertz CT molecular complexity index is 629. The Balaban J connectivity index is 2.32. The molecule has 2 aromatic carbocycles. The van der Waals surface area contributed by atoms with E-state index in [0.29, 0.717) is 0 Å². The Kier molecular flexibility index (Phi) is 4.66. The molecule has 2 aromatic rings. The van der Waals surface area contributed by atoms with Crippen LogP contribution in [0.1, 0.15) is 69.7 Å². The van der Waals surface area contributed by atoms with Gasteiger partial charge in [0.25, 0.3) is 0 Å². The first-order valence-electron chi connectivity index (χ1n) is 8.23. The van der Waals surface area contributed by atoms with Crippen molar-refractivity contribution in [2.45, 2.75) is 58.3 Å². The number of nitrogens with zero attached hydrogens (tertiary/aromatic N) is 1. The maximum absolute atomic E-state index is 9.64. The first kappa shape index (κ1) is 17.3. The number of hydrogen-bond donors (Lipinski definition) is 0. The zero-order chi connectivity index (χ0) is 17.3. The van der Waals surface area contributed by atoms with Crippen LogP contribution in [0.25, 0.3) is 0 Å². The summed E-state index contributed by atoms with van der Waals surface area (Å²) in [7, 11) is 0. The second-order valence-corrected chi connectivity index (χ2v) is 8.31. The van der Waals surface area contributed by atoms with Crippen LogP contribution < -0.4 is 0 Å². The number of benzene rings is 2. The highest BCUT2D eigenvalue weighted by Gasteiger charge is 2.18. The smallest absolute Gasteiger partial charge is 0.0962 e. The topological polar surface area (TPSA) is 23.8 Å². The third-order valence-corrected chi connectivity index (χ3v) is 4.35. The highest BCUT2D eigenvalue weighted by molar-refractivity contribution is 5.41. The summed E-state index contributed by atoms with van der Waals surface area (Å²) in [5, 5.41) is 9.64. The summed E-state index contributed by atoms with van der Waals surface area (Å²) in [5.41, 5.74) is 4.97. The Morgan fingerprint density at radius 2 is 0.957 bits per heavy atom. The van der Waals surface area contributed by atoms with E-state index < -0.39 is 0 Å². The molecule has 0 atom stereocenters. The molecule has 0 heterocycles. The molecule has 0 aliphatic heterocycles. The molecule has 0 unspecified atom stereocenters. The van der Waals surface area contributed by atoms with Crippen LogP contribution in [0, 0.1) is 11.3 Å². The maximum atomic E-state index is 9.64. The number of hydrogen-bond acceptors (Lipinski definition) is 1. The summed E-state index contributed by atoms with van der Waals surface area (Å²) >= 11 is 0. The molecule has 0 radical (unpaired) electrons. The van der Waals surface area contributed by atoms with Gasteiger partial charge in [-0.3, -0.25) is 0 Å². The van der Waals surface area contributed by atoms with Crippen molar-refractivity contribution in [3.63, 3.8) is 0 Å². The van der Waals surface area contributed by atoms with Crippen molar-refractivity contribution < 1.29 is 0 Å². The van der Waals surface area contributed by atoms with Crippen molar-refractivity contribution in [3.05, 3.63) is 70.8 Å². The van der Waals surface area contributed by atoms with Crippen LogP contribution >= 0.6 is 0 Å². The average molecular weight is 305 g/mol. The molecule has 2 rings (SSSR count). The van der Waals surface area contributed by atoms with E-state index in [1.165, 1.54) is 11.1 Å². The molecular formula is C22H27N. The van der Waals surface area contributed by atoms with Crippen molar-refractivity contribution in [1.29, 1.82) is 5.26 Å². The lowest BCUT2D eigenvalue weighted by Gasteiger charge is -2.21. The van der Waals surface area contributed by atoms with Crippen LogP contribution in [0.2, 0.25) is 0 Å². The second-order valence-electron chi connectivity index (χ2n) is 8.31. The van der Waals surface area contributed by atoms with Gasteiger partial charge in [0.1, 0.15) is 0 Å². The second kappa shape index (κ2) is 6.20. The number of rotatable bonds is 2. The van der Waals surface area contributed by atoms with Crippen molar-refractivity contribution in [2.75, 3.05) is 0 Å². The fourth-order valence-corrected chi connectivity index (χ4v) is 2.69. The predicted octanol–water partition coefficient (Wildman–Crippen LogP) is 5.94. The van der Waals surface area contributed by atoms with Gasteiger partial charge in [0.2, 0.25) is 0 Å². The molecular weight excluding hydrogens is 278 g/mol. The van der Waals surface area contributed by atoms with Crippen molar-refractivity contribution in [3.8, 4) is 6.07 Å². The van der Waals surface area contributed by atoms with Gasteiger partial charge in [0.15, 0.2) is 0 Å². The molecule has 0 saturated heterocycles. The Hall–Kier alpha value is -2.07. The van der Waals surface area contributed by atoms with Gasteiger partial charge in [-0.15, -0.1) is 0 Å². The average Bonchev–Trinajstić information content (AvgIpc) is 2.47. The molecule has 0 fully saturated rings. The fraction of sp³-hybridized carbons (Fsp3) is 0.409. The zero-order valence-corrected chi connectivity index (χ0v) is 15.1. The van der Waals surface area contributed by atoms with Gasteiger partial charge < -0.3 is 0 Å². The lowest BCUT2D eigenvalue weighted by molar-refractivity contribution is 0.590. The Morgan fingerprint density at radius 1 is 0.652 bits per heavy atom. The van der Waals surface area contributed by atoms with Crippen LogP contribution in [-0.4, -0.2) is 0 Å². The van der Waals surface area contributed by atoms with Crippen LogP contribution in [0.3, 0.4) is 0 Å². The third kappa shape index (κ3) is 4.02. The largest absolute Gasteiger partial charge is 0.197 e. The van der Waals surface area contributed by atoms with Crippen LogP contribution in [0.15, 0.2) is 48.5 Å². The third-order valence-electron chi connectivity index (χ3n) is 4.35. The van der Waals surface area contributed by atoms with Gasteiger partial charge in [-0.05, 0) is 33.1 Å². The molecule has 120 valence electrons. The SMILES string of the molecule is CC(C)(C)c1ccc(C(C#N)c2ccc(C(C)(C)C)cc2)cc1. The molecule has 23 heavy (non-hydrogen) atoms. The van der Waals surface area contributed by atoms with Gasteiger partial charge >= 0.3 is 0 Å². The number of nitriles is 1. The molecule has 0 aliphatic rings. The summed E-state index contributed by atoms with van der Waals surface area (Å²) in [5.74, 6) is -0.210. The summed E-state index contributed by atoms with van der Waals surface area (Å²) in [6.45, 7) is 13.2. The van der Waals surface area contributed by atoms with E-state index in [1.54, 1.807) is 0 Å². The van der Waals surface area contributed by atoms with Gasteiger partial charge in [0.05, 0.1) is 12.0 Å². The molecule has 0 aliphatic carbocycles. The molecule has 1 nitrogen and oxygen atoms in total. The lowest BCUT2D eigenvalue weighted by atomic mass is 9.83. The quantitative estimate of drug-likeness (QED) is 0.674. The molecule has 0 saturated carbocycles. The summed E-state index contributed by atoms with van der Waals surface area (Å²) in [6, 6.07) is 19.4. The summed E-state index contributed by atoms with van der Waals surface area (Å²) in [4.78, 5) is 0. The highest BCUT2D eigenvalue weighted by Crippen LogP contribution is 2.29. The first-order valence-corrected chi connectivity index (χ1v) is 8.23. The minimum absolute atomic E-state index is 0.134. The molecule has 0 aromatic heterocycles. The first-order chi connectivity index (χ1) is 10.6. The fourth-order valence-electron chi connectivity index (χ4n) is 2.69. The highest BCUT2D eigenvalue weighted by atomic mass is 14.3. The maximum Gasteiger partial charge on any atom is 0.0962 e. The standard InChI is InChI=1S/C22H27N/c1-21(2,3)18-11-7-16(8-12-18)20(15-23)17-9-13-19(14-10-17)22(4,5)6/h7-14,20H,1-6H3. The Morgan fingerprint density at radius 3 is 1.17 bits per heavy atom. The zero-order valence-electron chi connectivity index (χ0n) is 15.1. The predicted molar refractivity (Wildman–Crippen MR) is 97.7 cm³/mol. The minimum atomic E-state index is -0.210. The van der Waals surface area contributed by atoms with E-state index in [9.17, 15) is 5.26 Å². The lowest BCUT2D eigenvalue weighted by Crippen LogP contribution is -2.12. The van der Waals surface area contributed by atoms with Gasteiger partial charge in [0, 0.05) is 0 Å². The van der Waals surface area contributed by atoms with Crippen LogP contribution in [0.5, 0.6) is 0 Å². The van der Waals surface area contributed by atoms with E-state index >= 15 is 0 Å². The minimum Gasteiger partial charge on any atom is -0.197 e. The van der Waals surface area contributed by atoms with E-state index in [4.69, 9.17) is 0 Å². The van der Waals surface area contributed by atoms with E-state index in [2.05, 4.69) is 96.1 Å². The molecule has 0 N–H and O–H groups in total. The van der Waals surface area contributed by atoms with E-state index in [0.717, 1.165) is 11.1 Å². The molecule has 0 bridgehead atoms. The monoisotopic (exact) mass is 305 g/mol. The van der Waals surface area contributed by atoms with E-state index in [-0.39, 0.29) is 16.7 Å². The van der Waals surface area contributed by atoms with Crippen LogP contribution in [0.4, 0.5) is 0 Å². The molecule has 0 amide bonds. The van der Waals surface area contributed by atoms with Gasteiger partial charge in [-0.25, -0.2) is 0 Å². The van der Waals surface area contributed by atoms with E-state index in [1.807, 2.05) is 0 Å². The normalized spacial score (nSPS) is 12.3. The molecule has 0 spiro atoms. The van der Waals surface area contributed by atoms with Crippen molar-refractivity contribution in [1.82, 2.24) is 0 Å². The Labute approximate surface area is 141 Å². The van der Waals surface area contributed by atoms with Gasteiger partial charge in [-0.1, -0.05) is 90.1 Å². The van der Waals surface area contributed by atoms with Crippen LogP contribution in [-0.2, 0) is 10.8 Å². The van der Waals surface area contributed by atoms with Crippen molar-refractivity contribution in [2.24, 2.45) is 0 Å². The summed E-state index contributed by atoms with van der Waals surface area (Å²) < 4.78 is 0.